The number of carboxylic acid groups (broad SMARTS) is 1. The normalized spacial score (nSPS) is 11.9. The van der Waals surface area contributed by atoms with E-state index in [9.17, 15) is 18.4 Å². The number of amides is 1. The molecular weight excluding hydrogens is 232 g/mol. The van der Waals surface area contributed by atoms with Gasteiger partial charge in [0.1, 0.15) is 17.7 Å². The minimum atomic E-state index is -1.18. The third kappa shape index (κ3) is 3.82. The quantitative estimate of drug-likeness (QED) is 0.832. The van der Waals surface area contributed by atoms with E-state index in [1.54, 1.807) is 0 Å². The number of halogens is 2. The van der Waals surface area contributed by atoms with E-state index in [0.717, 1.165) is 12.1 Å². The number of aliphatic carboxylic acids is 1. The van der Waals surface area contributed by atoms with Crippen molar-refractivity contribution in [2.45, 2.75) is 19.4 Å². The van der Waals surface area contributed by atoms with Crippen molar-refractivity contribution in [1.82, 2.24) is 5.32 Å². The summed E-state index contributed by atoms with van der Waals surface area (Å²) in [5.41, 5.74) is 0.0153. The first-order valence-corrected chi connectivity index (χ1v) is 4.86. The van der Waals surface area contributed by atoms with Gasteiger partial charge in [-0.15, -0.1) is 0 Å². The fourth-order valence-electron chi connectivity index (χ4n) is 1.19. The highest BCUT2D eigenvalue weighted by Crippen LogP contribution is 2.10. The Labute approximate surface area is 96.3 Å². The van der Waals surface area contributed by atoms with Crippen molar-refractivity contribution in [2.75, 3.05) is 0 Å². The molecule has 1 atom stereocenters. The Hall–Kier alpha value is -1.98. The van der Waals surface area contributed by atoms with Gasteiger partial charge >= 0.3 is 5.97 Å². The van der Waals surface area contributed by atoms with E-state index in [1.165, 1.54) is 6.92 Å². The average Bonchev–Trinajstić information content (AvgIpc) is 2.22. The van der Waals surface area contributed by atoms with Gasteiger partial charge in [0, 0.05) is 6.07 Å². The molecule has 0 spiro atoms. The SMILES string of the molecule is C[C@H](NC(=O)Cc1ccc(F)cc1F)C(=O)O. The maximum Gasteiger partial charge on any atom is 0.325 e. The van der Waals surface area contributed by atoms with Crippen LogP contribution >= 0.6 is 0 Å². The highest BCUT2D eigenvalue weighted by molar-refractivity contribution is 5.84. The molecule has 0 aliphatic rings. The molecule has 0 fully saturated rings. The molecule has 6 heteroatoms. The second-order valence-corrected chi connectivity index (χ2v) is 3.54. The van der Waals surface area contributed by atoms with Crippen molar-refractivity contribution < 1.29 is 23.5 Å². The van der Waals surface area contributed by atoms with Crippen molar-refractivity contribution in [3.05, 3.63) is 35.4 Å². The monoisotopic (exact) mass is 243 g/mol. The largest absolute Gasteiger partial charge is 0.480 e. The van der Waals surface area contributed by atoms with Gasteiger partial charge in [-0.05, 0) is 18.6 Å². The second kappa shape index (κ2) is 5.38. The van der Waals surface area contributed by atoms with E-state index in [0.29, 0.717) is 6.07 Å². The van der Waals surface area contributed by atoms with Crippen molar-refractivity contribution in [1.29, 1.82) is 0 Å². The summed E-state index contributed by atoms with van der Waals surface area (Å²) in [6.07, 6.45) is -0.330. The molecule has 1 aromatic rings. The predicted octanol–water partition coefficient (Wildman–Crippen LogP) is 1.10. The summed E-state index contributed by atoms with van der Waals surface area (Å²) in [7, 11) is 0. The summed E-state index contributed by atoms with van der Waals surface area (Å²) < 4.78 is 25.8. The zero-order chi connectivity index (χ0) is 13.0. The molecular formula is C11H11F2NO3. The van der Waals surface area contributed by atoms with Gasteiger partial charge in [0.15, 0.2) is 0 Å². The maximum atomic E-state index is 13.2. The number of hydrogen-bond donors (Lipinski definition) is 2. The predicted molar refractivity (Wildman–Crippen MR) is 55.3 cm³/mol. The summed E-state index contributed by atoms with van der Waals surface area (Å²) in [5, 5.41) is 10.7. The molecule has 1 rings (SSSR count). The Morgan fingerprint density at radius 2 is 2.06 bits per heavy atom. The Balaban J connectivity index is 2.65. The van der Waals surface area contributed by atoms with Crippen LogP contribution in [0.15, 0.2) is 18.2 Å². The van der Waals surface area contributed by atoms with Gasteiger partial charge in [0.2, 0.25) is 5.91 Å². The zero-order valence-corrected chi connectivity index (χ0v) is 9.04. The molecule has 17 heavy (non-hydrogen) atoms. The van der Waals surface area contributed by atoms with Crippen LogP contribution in [0, 0.1) is 11.6 Å². The third-order valence-electron chi connectivity index (χ3n) is 2.11. The van der Waals surface area contributed by atoms with Crippen LogP contribution in [-0.4, -0.2) is 23.0 Å². The molecule has 0 unspecified atom stereocenters. The van der Waals surface area contributed by atoms with Crippen LogP contribution in [0.5, 0.6) is 0 Å². The summed E-state index contributed by atoms with van der Waals surface area (Å²) in [6.45, 7) is 1.29. The summed E-state index contributed by atoms with van der Waals surface area (Å²) in [5.74, 6) is -3.38. The molecule has 2 N–H and O–H groups in total. The number of carboxylic acids is 1. The number of nitrogens with one attached hydrogen (secondary N) is 1. The van der Waals surface area contributed by atoms with Gasteiger partial charge in [-0.25, -0.2) is 8.78 Å². The van der Waals surface area contributed by atoms with Gasteiger partial charge in [-0.2, -0.15) is 0 Å². The first-order chi connectivity index (χ1) is 7.90. The standard InChI is InChI=1S/C11H11F2NO3/c1-6(11(16)17)14-10(15)4-7-2-3-8(12)5-9(7)13/h2-3,5-6H,4H2,1H3,(H,14,15)(H,16,17)/t6-/m0/s1. The maximum absolute atomic E-state index is 13.2. The molecule has 0 heterocycles. The minimum absolute atomic E-state index is 0.0153. The van der Waals surface area contributed by atoms with Crippen molar-refractivity contribution in [3.8, 4) is 0 Å². The number of carbonyl (C=O) groups excluding carboxylic acids is 1. The smallest absolute Gasteiger partial charge is 0.325 e. The van der Waals surface area contributed by atoms with Crippen molar-refractivity contribution in [3.63, 3.8) is 0 Å². The molecule has 0 radical (unpaired) electrons. The van der Waals surface area contributed by atoms with Gasteiger partial charge < -0.3 is 10.4 Å². The van der Waals surface area contributed by atoms with E-state index < -0.39 is 29.6 Å². The average molecular weight is 243 g/mol. The van der Waals surface area contributed by atoms with E-state index in [-0.39, 0.29) is 12.0 Å². The number of hydrogen-bond acceptors (Lipinski definition) is 2. The molecule has 0 aliphatic heterocycles. The summed E-state index contributed by atoms with van der Waals surface area (Å²) in [6, 6.07) is 1.80. The fraction of sp³-hybridized carbons (Fsp3) is 0.273. The van der Waals surface area contributed by atoms with Crippen LogP contribution in [0.25, 0.3) is 0 Å². The topological polar surface area (TPSA) is 66.4 Å². The van der Waals surface area contributed by atoms with Crippen LogP contribution in [0.4, 0.5) is 8.78 Å². The van der Waals surface area contributed by atoms with Crippen LogP contribution in [-0.2, 0) is 16.0 Å². The first-order valence-electron chi connectivity index (χ1n) is 4.86. The van der Waals surface area contributed by atoms with E-state index in [1.807, 2.05) is 0 Å². The first kappa shape index (κ1) is 13.1. The number of carbonyl (C=O) groups is 2. The van der Waals surface area contributed by atoms with Crippen LogP contribution in [0.3, 0.4) is 0 Å². The van der Waals surface area contributed by atoms with Gasteiger partial charge in [0.25, 0.3) is 0 Å². The van der Waals surface area contributed by atoms with Crippen LogP contribution < -0.4 is 5.32 Å². The van der Waals surface area contributed by atoms with Gasteiger partial charge in [-0.1, -0.05) is 6.07 Å². The Kier molecular flexibility index (Phi) is 4.14. The molecule has 0 saturated carbocycles. The number of rotatable bonds is 4. The Bertz CT molecular complexity index is 448. The van der Waals surface area contributed by atoms with Gasteiger partial charge in [0.05, 0.1) is 6.42 Å². The van der Waals surface area contributed by atoms with Crippen LogP contribution in [0.1, 0.15) is 12.5 Å². The number of benzene rings is 1. The lowest BCUT2D eigenvalue weighted by Gasteiger charge is -2.09. The lowest BCUT2D eigenvalue weighted by atomic mass is 10.1. The molecule has 0 bridgehead atoms. The summed E-state index contributed by atoms with van der Waals surface area (Å²) in [4.78, 5) is 21.8. The molecule has 1 amide bonds. The van der Waals surface area contributed by atoms with E-state index in [2.05, 4.69) is 5.32 Å². The van der Waals surface area contributed by atoms with Gasteiger partial charge in [-0.3, -0.25) is 9.59 Å². The highest BCUT2D eigenvalue weighted by Gasteiger charge is 2.15. The lowest BCUT2D eigenvalue weighted by molar-refractivity contribution is -0.141. The molecule has 0 aromatic heterocycles. The molecule has 1 aromatic carbocycles. The molecule has 92 valence electrons. The minimum Gasteiger partial charge on any atom is -0.480 e. The Morgan fingerprint density at radius 3 is 2.59 bits per heavy atom. The fourth-order valence-corrected chi connectivity index (χ4v) is 1.19. The zero-order valence-electron chi connectivity index (χ0n) is 9.04. The summed E-state index contributed by atoms with van der Waals surface area (Å²) >= 11 is 0. The Morgan fingerprint density at radius 1 is 1.41 bits per heavy atom. The highest BCUT2D eigenvalue weighted by atomic mass is 19.1. The molecule has 0 aliphatic carbocycles. The van der Waals surface area contributed by atoms with E-state index >= 15 is 0 Å². The van der Waals surface area contributed by atoms with Crippen molar-refractivity contribution in [2.24, 2.45) is 0 Å². The second-order valence-electron chi connectivity index (χ2n) is 3.54. The van der Waals surface area contributed by atoms with E-state index in [4.69, 9.17) is 5.11 Å². The molecule has 0 saturated heterocycles. The molecule has 4 nitrogen and oxygen atoms in total. The van der Waals surface area contributed by atoms with Crippen LogP contribution in [0.2, 0.25) is 0 Å². The van der Waals surface area contributed by atoms with Crippen molar-refractivity contribution >= 4 is 11.9 Å². The lowest BCUT2D eigenvalue weighted by Crippen LogP contribution is -2.39. The third-order valence-corrected chi connectivity index (χ3v) is 2.11.